The first-order chi connectivity index (χ1) is 20.8. The molecule has 0 spiro atoms. The molecular weight excluding hydrogens is 570 g/mol. The molecule has 1 aliphatic heterocycles. The lowest BCUT2D eigenvalue weighted by Gasteiger charge is -2.30. The number of hydrogen-bond donors (Lipinski definition) is 8. The Morgan fingerprint density at radius 2 is 1.64 bits per heavy atom. The van der Waals surface area contributed by atoms with Crippen molar-refractivity contribution in [1.82, 2.24) is 20.9 Å². The van der Waals surface area contributed by atoms with E-state index in [-0.39, 0.29) is 37.8 Å². The minimum atomic E-state index is -1.32. The zero-order valence-electron chi connectivity index (χ0n) is 25.4. The number of aliphatic imine (C=N–C) groups is 1. The Labute approximate surface area is 257 Å². The molecule has 2 rings (SSSR count). The number of amides is 5. The summed E-state index contributed by atoms with van der Waals surface area (Å²) in [5.41, 5.74) is 23.1. The maximum absolute atomic E-state index is 13.4. The number of nitrogens with one attached hydrogen (secondary N) is 3. The minimum absolute atomic E-state index is 0.0635. The Balaban J connectivity index is 2.12. The fourth-order valence-corrected chi connectivity index (χ4v) is 4.96. The van der Waals surface area contributed by atoms with Crippen LogP contribution in [0.15, 0.2) is 35.3 Å². The Morgan fingerprint density at radius 3 is 2.23 bits per heavy atom. The van der Waals surface area contributed by atoms with Gasteiger partial charge in [-0.25, -0.2) is 0 Å². The molecule has 0 aromatic heterocycles. The topological polar surface area (TPSA) is 261 Å². The molecule has 44 heavy (non-hydrogen) atoms. The normalized spacial score (nSPS) is 17.2. The first-order valence-electron chi connectivity index (χ1n) is 14.8. The lowest BCUT2D eigenvalue weighted by atomic mass is 10.0. The highest BCUT2D eigenvalue weighted by atomic mass is 16.3. The Kier molecular flexibility index (Phi) is 14.5. The van der Waals surface area contributed by atoms with Gasteiger partial charge in [0, 0.05) is 13.1 Å². The monoisotopic (exact) mass is 617 g/mol. The van der Waals surface area contributed by atoms with Gasteiger partial charge in [0.2, 0.25) is 29.5 Å². The number of primary amides is 1. The van der Waals surface area contributed by atoms with Crippen LogP contribution in [0.25, 0.3) is 0 Å². The van der Waals surface area contributed by atoms with Crippen LogP contribution in [0.2, 0.25) is 0 Å². The molecular formula is C29H47N9O6. The third-order valence-corrected chi connectivity index (χ3v) is 7.22. The second-order valence-corrected chi connectivity index (χ2v) is 11.3. The van der Waals surface area contributed by atoms with E-state index < -0.39 is 66.4 Å². The molecule has 0 saturated carbocycles. The maximum Gasteiger partial charge on any atom is 0.248 e. The predicted molar refractivity (Wildman–Crippen MR) is 164 cm³/mol. The Morgan fingerprint density at radius 1 is 0.977 bits per heavy atom. The summed E-state index contributed by atoms with van der Waals surface area (Å²) in [6.45, 7) is 3.46. The first-order valence-corrected chi connectivity index (χ1v) is 14.8. The second-order valence-electron chi connectivity index (χ2n) is 11.3. The predicted octanol–water partition coefficient (Wildman–Crippen LogP) is -2.42. The van der Waals surface area contributed by atoms with Crippen LogP contribution in [0.4, 0.5) is 0 Å². The van der Waals surface area contributed by atoms with E-state index in [1.54, 1.807) is 0 Å². The van der Waals surface area contributed by atoms with Crippen molar-refractivity contribution >= 4 is 35.5 Å². The average Bonchev–Trinajstić information content (AvgIpc) is 3.47. The summed E-state index contributed by atoms with van der Waals surface area (Å²) in [6.07, 6.45) is 1.80. The van der Waals surface area contributed by atoms with E-state index in [2.05, 4.69) is 20.9 Å². The SMILES string of the molecule is CC(C)C[C@H](NC(=O)[C@H](CCCN=C(N)N)NC(=O)[C@@H]1CCCN1C(=O)[C@H](CO)NC(=O)[C@@H](N)Cc1ccccc1)C(N)=O. The summed E-state index contributed by atoms with van der Waals surface area (Å²) in [5.74, 6) is -3.24. The van der Waals surface area contributed by atoms with Crippen LogP contribution in [0.3, 0.4) is 0 Å². The van der Waals surface area contributed by atoms with Gasteiger partial charge in [-0.3, -0.25) is 29.0 Å². The fraction of sp³-hybridized carbons (Fsp3) is 0.586. The van der Waals surface area contributed by atoms with Crippen LogP contribution in [-0.2, 0) is 30.4 Å². The molecule has 12 N–H and O–H groups in total. The van der Waals surface area contributed by atoms with Crippen molar-refractivity contribution in [2.24, 2.45) is 33.8 Å². The van der Waals surface area contributed by atoms with Crippen LogP contribution in [-0.4, -0.2) is 95.4 Å². The van der Waals surface area contributed by atoms with Crippen LogP contribution < -0.4 is 38.9 Å². The number of aliphatic hydroxyl groups excluding tert-OH is 1. The van der Waals surface area contributed by atoms with Gasteiger partial charge in [0.15, 0.2) is 5.96 Å². The summed E-state index contributed by atoms with van der Waals surface area (Å²) in [5, 5.41) is 17.8. The maximum atomic E-state index is 13.4. The van der Waals surface area contributed by atoms with Gasteiger partial charge in [0.25, 0.3) is 0 Å². The van der Waals surface area contributed by atoms with E-state index in [1.807, 2.05) is 44.2 Å². The number of likely N-dealkylation sites (tertiary alicyclic amines) is 1. The third-order valence-electron chi connectivity index (χ3n) is 7.22. The summed E-state index contributed by atoms with van der Waals surface area (Å²) in [4.78, 5) is 69.9. The molecule has 244 valence electrons. The number of carbonyl (C=O) groups is 5. The second kappa shape index (κ2) is 17.8. The summed E-state index contributed by atoms with van der Waals surface area (Å²) < 4.78 is 0. The molecule has 1 fully saturated rings. The number of nitrogens with two attached hydrogens (primary N) is 4. The van der Waals surface area contributed by atoms with Crippen molar-refractivity contribution in [3.63, 3.8) is 0 Å². The molecule has 15 nitrogen and oxygen atoms in total. The number of rotatable bonds is 17. The van der Waals surface area contributed by atoms with E-state index in [0.29, 0.717) is 25.7 Å². The van der Waals surface area contributed by atoms with E-state index in [4.69, 9.17) is 22.9 Å². The highest BCUT2D eigenvalue weighted by Gasteiger charge is 2.39. The molecule has 1 heterocycles. The van der Waals surface area contributed by atoms with Gasteiger partial charge in [-0.05, 0) is 50.0 Å². The molecule has 15 heteroatoms. The molecule has 1 aromatic carbocycles. The molecule has 0 aliphatic carbocycles. The van der Waals surface area contributed by atoms with Gasteiger partial charge in [-0.2, -0.15) is 0 Å². The molecule has 0 radical (unpaired) electrons. The first kappa shape index (κ1) is 36.0. The number of hydrogen-bond acceptors (Lipinski definition) is 8. The summed E-state index contributed by atoms with van der Waals surface area (Å²) >= 11 is 0. The lowest BCUT2D eigenvalue weighted by Crippen LogP contribution is -2.59. The van der Waals surface area contributed by atoms with Crippen molar-refractivity contribution in [2.45, 2.75) is 82.6 Å². The number of benzene rings is 1. The van der Waals surface area contributed by atoms with Crippen molar-refractivity contribution in [1.29, 1.82) is 0 Å². The minimum Gasteiger partial charge on any atom is -0.394 e. The smallest absolute Gasteiger partial charge is 0.248 e. The van der Waals surface area contributed by atoms with Gasteiger partial charge < -0.3 is 48.9 Å². The highest BCUT2D eigenvalue weighted by Crippen LogP contribution is 2.19. The Bertz CT molecular complexity index is 1160. The van der Waals surface area contributed by atoms with E-state index >= 15 is 0 Å². The van der Waals surface area contributed by atoms with Crippen LogP contribution in [0.1, 0.15) is 51.5 Å². The van der Waals surface area contributed by atoms with Crippen molar-refractivity contribution in [3.8, 4) is 0 Å². The molecule has 5 atom stereocenters. The molecule has 0 bridgehead atoms. The van der Waals surface area contributed by atoms with E-state index in [1.165, 1.54) is 4.90 Å². The number of carbonyl (C=O) groups excluding carboxylic acids is 5. The number of guanidine groups is 1. The molecule has 0 unspecified atom stereocenters. The van der Waals surface area contributed by atoms with Gasteiger partial charge in [0.05, 0.1) is 12.6 Å². The molecule has 1 aliphatic rings. The molecule has 1 aromatic rings. The van der Waals surface area contributed by atoms with Crippen molar-refractivity contribution < 1.29 is 29.1 Å². The van der Waals surface area contributed by atoms with Gasteiger partial charge in [-0.15, -0.1) is 0 Å². The fourth-order valence-electron chi connectivity index (χ4n) is 4.96. The van der Waals surface area contributed by atoms with Crippen molar-refractivity contribution in [3.05, 3.63) is 35.9 Å². The average molecular weight is 618 g/mol. The molecule has 1 saturated heterocycles. The quantitative estimate of drug-likeness (QED) is 0.0524. The number of aliphatic hydroxyl groups is 1. The van der Waals surface area contributed by atoms with Crippen LogP contribution in [0.5, 0.6) is 0 Å². The van der Waals surface area contributed by atoms with E-state index in [0.717, 1.165) is 5.56 Å². The third kappa shape index (κ3) is 11.4. The summed E-state index contributed by atoms with van der Waals surface area (Å²) in [7, 11) is 0. The molecule has 5 amide bonds. The zero-order valence-corrected chi connectivity index (χ0v) is 25.4. The van der Waals surface area contributed by atoms with Crippen molar-refractivity contribution in [2.75, 3.05) is 19.7 Å². The van der Waals surface area contributed by atoms with Crippen LogP contribution >= 0.6 is 0 Å². The van der Waals surface area contributed by atoms with E-state index in [9.17, 15) is 29.1 Å². The highest BCUT2D eigenvalue weighted by molar-refractivity contribution is 5.96. The van der Waals surface area contributed by atoms with Gasteiger partial charge in [0.1, 0.15) is 24.2 Å². The lowest BCUT2D eigenvalue weighted by molar-refractivity contribution is -0.143. The summed E-state index contributed by atoms with van der Waals surface area (Å²) in [6, 6.07) is 3.87. The standard InChI is InChI=1S/C29H47N9O6/c1-17(2)14-21(24(31)40)36-26(42)20(10-6-12-34-29(32)33)35-27(43)23-11-7-13-38(23)28(44)22(16-39)37-25(41)19(30)15-18-8-4-3-5-9-18/h3-5,8-9,17,19-23,39H,6-7,10-16,30H2,1-2H3,(H2,31,40)(H,35,43)(H,36,42)(H,37,41)(H4,32,33,34)/t19-,20-,21-,22-,23-/m0/s1. The number of nitrogens with zero attached hydrogens (tertiary/aromatic N) is 2. The Hall–Kier alpha value is -4.24. The van der Waals surface area contributed by atoms with Crippen LogP contribution in [0, 0.1) is 5.92 Å². The van der Waals surface area contributed by atoms with Gasteiger partial charge >= 0.3 is 0 Å². The largest absolute Gasteiger partial charge is 0.394 e. The zero-order chi connectivity index (χ0) is 32.8. The van der Waals surface area contributed by atoms with Gasteiger partial charge in [-0.1, -0.05) is 44.2 Å².